The quantitative estimate of drug-likeness (QED) is 0.922. The summed E-state index contributed by atoms with van der Waals surface area (Å²) in [6, 6.07) is 10.2. The fourth-order valence-corrected chi connectivity index (χ4v) is 3.75. The second-order valence-corrected chi connectivity index (χ2v) is 6.72. The predicted molar refractivity (Wildman–Crippen MR) is 88.0 cm³/mol. The number of rotatable bonds is 5. The fraction of sp³-hybridized carbons (Fsp3) is 0.412. The van der Waals surface area contributed by atoms with Crippen LogP contribution in [0.1, 0.15) is 36.9 Å². The number of hydrogen-bond acceptors (Lipinski definition) is 3. The molecule has 1 N–H and O–H groups in total. The lowest BCUT2D eigenvalue weighted by atomic mass is 9.71. The Morgan fingerprint density at radius 3 is 2.59 bits per heavy atom. The normalized spacial score (nSPS) is 16.0. The summed E-state index contributed by atoms with van der Waals surface area (Å²) in [6.45, 7) is 2.35. The number of nitrogens with zero attached hydrogens (tertiary/aromatic N) is 1. The molecule has 116 valence electrons. The van der Waals surface area contributed by atoms with Crippen LogP contribution in [-0.4, -0.2) is 10.5 Å². The van der Waals surface area contributed by atoms with Gasteiger partial charge in [0, 0.05) is 24.0 Å². The average Bonchev–Trinajstić information content (AvgIpc) is 2.81. The lowest BCUT2D eigenvalue weighted by molar-refractivity contribution is -0.124. The summed E-state index contributed by atoms with van der Waals surface area (Å²) in [5.74, 6) is 0.0149. The van der Waals surface area contributed by atoms with E-state index in [4.69, 9.17) is 0 Å². The maximum atomic E-state index is 12.3. The summed E-state index contributed by atoms with van der Waals surface area (Å²) < 4.78 is 1.67. The zero-order valence-corrected chi connectivity index (χ0v) is 13.5. The van der Waals surface area contributed by atoms with Crippen molar-refractivity contribution >= 4 is 17.2 Å². The van der Waals surface area contributed by atoms with Crippen LogP contribution in [0, 0.1) is 6.92 Å². The number of hydrogen-bond donors (Lipinski definition) is 1. The molecule has 5 heteroatoms. The molecule has 22 heavy (non-hydrogen) atoms. The van der Waals surface area contributed by atoms with Gasteiger partial charge >= 0.3 is 4.87 Å². The van der Waals surface area contributed by atoms with Crippen LogP contribution in [0.4, 0.5) is 0 Å². The van der Waals surface area contributed by atoms with Gasteiger partial charge in [0.1, 0.15) is 0 Å². The molecule has 0 bridgehead atoms. The van der Waals surface area contributed by atoms with Gasteiger partial charge in [0.05, 0.1) is 5.54 Å². The summed E-state index contributed by atoms with van der Waals surface area (Å²) in [5.41, 5.74) is 1.90. The molecule has 1 aliphatic rings. The molecule has 0 unspecified atom stereocenters. The van der Waals surface area contributed by atoms with E-state index in [2.05, 4.69) is 17.4 Å². The first kappa shape index (κ1) is 15.0. The van der Waals surface area contributed by atoms with Gasteiger partial charge in [-0.3, -0.25) is 9.59 Å². The maximum absolute atomic E-state index is 12.3. The van der Waals surface area contributed by atoms with Crippen LogP contribution in [0.3, 0.4) is 0 Å². The van der Waals surface area contributed by atoms with Crippen LogP contribution in [0.2, 0.25) is 0 Å². The number of amides is 1. The van der Waals surface area contributed by atoms with Crippen molar-refractivity contribution < 1.29 is 4.79 Å². The Hall–Kier alpha value is -1.88. The van der Waals surface area contributed by atoms with Gasteiger partial charge in [-0.2, -0.15) is 0 Å². The molecule has 0 saturated heterocycles. The molecular weight excluding hydrogens is 296 g/mol. The van der Waals surface area contributed by atoms with Crippen molar-refractivity contribution in [3.8, 4) is 0 Å². The highest BCUT2D eigenvalue weighted by Crippen LogP contribution is 2.41. The summed E-state index contributed by atoms with van der Waals surface area (Å²) in [5, 5.41) is 5.03. The first-order chi connectivity index (χ1) is 10.6. The van der Waals surface area contributed by atoms with Gasteiger partial charge in [-0.25, -0.2) is 0 Å². The molecule has 0 aliphatic heterocycles. The van der Waals surface area contributed by atoms with Crippen molar-refractivity contribution in [2.45, 2.75) is 44.7 Å². The van der Waals surface area contributed by atoms with Crippen molar-refractivity contribution in [3.05, 3.63) is 56.6 Å². The largest absolute Gasteiger partial charge is 0.347 e. The van der Waals surface area contributed by atoms with Crippen LogP contribution in [0.5, 0.6) is 0 Å². The smallest absolute Gasteiger partial charge is 0.307 e. The number of thiazole rings is 1. The minimum Gasteiger partial charge on any atom is -0.347 e. The molecule has 1 aliphatic carbocycles. The molecule has 0 spiro atoms. The Morgan fingerprint density at radius 2 is 2.05 bits per heavy atom. The van der Waals surface area contributed by atoms with Gasteiger partial charge < -0.3 is 9.88 Å². The van der Waals surface area contributed by atoms with Crippen molar-refractivity contribution in [1.82, 2.24) is 9.88 Å². The third kappa shape index (κ3) is 2.86. The van der Waals surface area contributed by atoms with Crippen LogP contribution in [0.15, 0.2) is 40.5 Å². The number of aryl methyl sites for hydroxylation is 1. The lowest BCUT2D eigenvalue weighted by Crippen LogP contribution is -2.51. The highest BCUT2D eigenvalue weighted by atomic mass is 32.1. The molecule has 1 aromatic heterocycles. The number of aromatic nitrogens is 1. The van der Waals surface area contributed by atoms with Crippen molar-refractivity contribution in [2.75, 3.05) is 0 Å². The van der Waals surface area contributed by atoms with Crippen LogP contribution >= 0.6 is 11.3 Å². The van der Waals surface area contributed by atoms with Crippen LogP contribution < -0.4 is 10.2 Å². The molecule has 1 heterocycles. The third-order valence-corrected chi connectivity index (χ3v) is 5.33. The molecule has 4 nitrogen and oxygen atoms in total. The maximum Gasteiger partial charge on any atom is 0.307 e. The van der Waals surface area contributed by atoms with Gasteiger partial charge in [-0.15, -0.1) is 0 Å². The van der Waals surface area contributed by atoms with Crippen molar-refractivity contribution in [3.63, 3.8) is 0 Å². The molecular formula is C17H20N2O2S. The second-order valence-electron chi connectivity index (χ2n) is 5.89. The first-order valence-corrected chi connectivity index (χ1v) is 8.50. The standard InChI is InChI=1S/C17H20N2O2S/c1-13-12-22-16(21)19(13)11-8-15(20)18-17(9-5-10-17)14-6-3-2-4-7-14/h2-4,6-7,12H,5,8-11H2,1H3,(H,18,20). The summed E-state index contributed by atoms with van der Waals surface area (Å²) in [6.07, 6.45) is 3.45. The number of carbonyl (C=O) groups is 1. The van der Waals surface area contributed by atoms with E-state index in [1.807, 2.05) is 30.5 Å². The molecule has 0 atom stereocenters. The molecule has 0 radical (unpaired) electrons. The predicted octanol–water partition coefficient (Wildman–Crippen LogP) is 2.80. The van der Waals surface area contributed by atoms with E-state index >= 15 is 0 Å². The summed E-state index contributed by atoms with van der Waals surface area (Å²) >= 11 is 1.18. The molecule has 1 amide bonds. The average molecular weight is 316 g/mol. The van der Waals surface area contributed by atoms with Gasteiger partial charge in [0.2, 0.25) is 5.91 Å². The van der Waals surface area contributed by atoms with Gasteiger partial charge in [-0.05, 0) is 31.7 Å². The van der Waals surface area contributed by atoms with Crippen molar-refractivity contribution in [1.29, 1.82) is 0 Å². The molecule has 3 rings (SSSR count). The fourth-order valence-electron chi connectivity index (χ4n) is 2.99. The molecule has 2 aromatic rings. The Labute approximate surface area is 133 Å². The van der Waals surface area contributed by atoms with Gasteiger partial charge in [-0.1, -0.05) is 41.7 Å². The summed E-state index contributed by atoms with van der Waals surface area (Å²) in [7, 11) is 0. The Morgan fingerprint density at radius 1 is 1.32 bits per heavy atom. The van der Waals surface area contributed by atoms with E-state index in [9.17, 15) is 9.59 Å². The minimum absolute atomic E-state index is 0.00622. The Kier molecular flexibility index (Phi) is 4.16. The Bertz CT molecular complexity index is 714. The third-order valence-electron chi connectivity index (χ3n) is 4.45. The number of benzene rings is 1. The molecule has 1 fully saturated rings. The lowest BCUT2D eigenvalue weighted by Gasteiger charge is -2.43. The van der Waals surface area contributed by atoms with Crippen molar-refractivity contribution in [2.24, 2.45) is 0 Å². The highest BCUT2D eigenvalue weighted by Gasteiger charge is 2.39. The highest BCUT2D eigenvalue weighted by molar-refractivity contribution is 7.07. The summed E-state index contributed by atoms with van der Waals surface area (Å²) in [4.78, 5) is 24.0. The van der Waals surface area contributed by atoms with Crippen LogP contribution in [0.25, 0.3) is 0 Å². The zero-order chi connectivity index (χ0) is 15.6. The van der Waals surface area contributed by atoms with Gasteiger partial charge in [0.15, 0.2) is 0 Å². The molecule has 1 aromatic carbocycles. The van der Waals surface area contributed by atoms with E-state index in [0.29, 0.717) is 13.0 Å². The van der Waals surface area contributed by atoms with Crippen LogP contribution in [-0.2, 0) is 16.9 Å². The van der Waals surface area contributed by atoms with E-state index in [1.54, 1.807) is 4.57 Å². The van der Waals surface area contributed by atoms with Gasteiger partial charge in [0.25, 0.3) is 0 Å². The molecule has 1 saturated carbocycles. The SMILES string of the molecule is Cc1csc(=O)n1CCC(=O)NC1(c2ccccc2)CCC1. The van der Waals surface area contributed by atoms with E-state index in [-0.39, 0.29) is 16.3 Å². The first-order valence-electron chi connectivity index (χ1n) is 7.62. The second kappa shape index (κ2) is 6.08. The number of carbonyl (C=O) groups excluding carboxylic acids is 1. The van der Waals surface area contributed by atoms with E-state index in [1.165, 1.54) is 16.9 Å². The minimum atomic E-state index is -0.201. The Balaban J connectivity index is 1.65. The monoisotopic (exact) mass is 316 g/mol. The van der Waals surface area contributed by atoms with E-state index in [0.717, 1.165) is 25.0 Å². The zero-order valence-electron chi connectivity index (χ0n) is 12.7. The van der Waals surface area contributed by atoms with E-state index < -0.39 is 0 Å². The topological polar surface area (TPSA) is 51.1 Å². The number of nitrogens with one attached hydrogen (secondary N) is 1.